The summed E-state index contributed by atoms with van der Waals surface area (Å²) >= 11 is 0. The van der Waals surface area contributed by atoms with Gasteiger partial charge in [-0.2, -0.15) is 4.52 Å². The van der Waals surface area contributed by atoms with Crippen LogP contribution in [0.1, 0.15) is 19.4 Å². The van der Waals surface area contributed by atoms with Crippen LogP contribution in [0.2, 0.25) is 0 Å². The Morgan fingerprint density at radius 2 is 1.61 bits per heavy atom. The summed E-state index contributed by atoms with van der Waals surface area (Å²) in [6.07, 6.45) is 0.983. The number of aromatic nitrogens is 5. The third-order valence-corrected chi connectivity index (χ3v) is 4.52. The average Bonchev–Trinajstić information content (AvgIpc) is 3.13. The number of aryl methyl sites for hydroxylation is 1. The molecule has 0 unspecified atom stereocenters. The van der Waals surface area contributed by atoms with Crippen LogP contribution in [0.3, 0.4) is 0 Å². The lowest BCUT2D eigenvalue weighted by Gasteiger charge is -2.07. The van der Waals surface area contributed by atoms with Gasteiger partial charge in [0.1, 0.15) is 17.1 Å². The van der Waals surface area contributed by atoms with Crippen LogP contribution in [-0.4, -0.2) is 38.5 Å². The average molecular weight is 375 g/mol. The highest BCUT2D eigenvalue weighted by Crippen LogP contribution is 2.33. The first kappa shape index (κ1) is 17.9. The van der Waals surface area contributed by atoms with Crippen LogP contribution in [0.4, 0.5) is 0 Å². The maximum absolute atomic E-state index is 5.44. The second kappa shape index (κ2) is 7.64. The third-order valence-electron chi connectivity index (χ3n) is 4.52. The van der Waals surface area contributed by atoms with Crippen molar-refractivity contribution in [2.75, 3.05) is 13.7 Å². The van der Waals surface area contributed by atoms with E-state index in [0.29, 0.717) is 12.4 Å². The van der Waals surface area contributed by atoms with Crippen molar-refractivity contribution in [3.63, 3.8) is 0 Å². The molecule has 0 spiro atoms. The molecule has 28 heavy (non-hydrogen) atoms. The first-order valence-electron chi connectivity index (χ1n) is 9.23. The number of methoxy groups -OCH3 is 1. The Hall–Kier alpha value is -3.48. The van der Waals surface area contributed by atoms with E-state index in [-0.39, 0.29) is 6.01 Å². The van der Waals surface area contributed by atoms with Gasteiger partial charge in [0.25, 0.3) is 5.78 Å². The van der Waals surface area contributed by atoms with Gasteiger partial charge >= 0.3 is 6.01 Å². The van der Waals surface area contributed by atoms with E-state index >= 15 is 0 Å². The fourth-order valence-corrected chi connectivity index (χ4v) is 3.05. The van der Waals surface area contributed by atoms with Crippen molar-refractivity contribution >= 4 is 5.78 Å². The Balaban J connectivity index is 1.93. The number of ether oxygens (including phenoxy) is 2. The second-order valence-corrected chi connectivity index (χ2v) is 6.22. The Morgan fingerprint density at radius 3 is 2.25 bits per heavy atom. The largest absolute Gasteiger partial charge is 0.497 e. The number of hydrogen-bond acceptors (Lipinski definition) is 6. The van der Waals surface area contributed by atoms with Crippen molar-refractivity contribution in [1.29, 1.82) is 0 Å². The number of benzene rings is 2. The van der Waals surface area contributed by atoms with Gasteiger partial charge in [-0.3, -0.25) is 0 Å². The molecular weight excluding hydrogens is 354 g/mol. The van der Waals surface area contributed by atoms with Gasteiger partial charge in [-0.1, -0.05) is 36.3 Å². The molecule has 7 heteroatoms. The molecule has 142 valence electrons. The normalized spacial score (nSPS) is 11.0. The predicted octanol–water partition coefficient (Wildman–Crippen LogP) is 3.82. The summed E-state index contributed by atoms with van der Waals surface area (Å²) in [4.78, 5) is 4.69. The molecule has 0 atom stereocenters. The fraction of sp³-hybridized carbons (Fsp3) is 0.238. The first-order valence-corrected chi connectivity index (χ1v) is 9.23. The molecule has 2 aromatic carbocycles. The highest BCUT2D eigenvalue weighted by molar-refractivity contribution is 5.81. The number of rotatable bonds is 6. The van der Waals surface area contributed by atoms with E-state index in [0.717, 1.165) is 34.7 Å². The molecule has 0 N–H and O–H groups in total. The molecule has 4 rings (SSSR count). The Morgan fingerprint density at radius 1 is 0.893 bits per heavy atom. The van der Waals surface area contributed by atoms with Gasteiger partial charge < -0.3 is 9.47 Å². The van der Waals surface area contributed by atoms with Gasteiger partial charge in [-0.05, 0) is 43.2 Å². The van der Waals surface area contributed by atoms with Crippen LogP contribution < -0.4 is 9.47 Å². The van der Waals surface area contributed by atoms with E-state index in [1.807, 2.05) is 31.2 Å². The SMILES string of the molecule is CCOc1nnc2nc(-c3ccc(OC)cc3)c(-c3ccc(CC)cc3)n2n1. The molecule has 0 aliphatic carbocycles. The molecule has 0 saturated heterocycles. The minimum atomic E-state index is 0.222. The van der Waals surface area contributed by atoms with Gasteiger partial charge in [-0.25, -0.2) is 4.98 Å². The van der Waals surface area contributed by atoms with Gasteiger partial charge in [-0.15, -0.1) is 10.2 Å². The van der Waals surface area contributed by atoms with Crippen LogP contribution in [-0.2, 0) is 6.42 Å². The van der Waals surface area contributed by atoms with Crippen molar-refractivity contribution in [1.82, 2.24) is 24.8 Å². The summed E-state index contributed by atoms with van der Waals surface area (Å²) in [5.74, 6) is 1.21. The second-order valence-electron chi connectivity index (χ2n) is 6.22. The zero-order valence-electron chi connectivity index (χ0n) is 16.1. The molecule has 2 aromatic heterocycles. The van der Waals surface area contributed by atoms with Crippen LogP contribution in [0.25, 0.3) is 28.3 Å². The van der Waals surface area contributed by atoms with Gasteiger partial charge in [0.2, 0.25) is 0 Å². The van der Waals surface area contributed by atoms with Gasteiger partial charge in [0.15, 0.2) is 0 Å². The quantitative estimate of drug-likeness (QED) is 0.510. The summed E-state index contributed by atoms with van der Waals surface area (Å²) in [5.41, 5.74) is 4.84. The highest BCUT2D eigenvalue weighted by atomic mass is 16.5. The van der Waals surface area contributed by atoms with E-state index < -0.39 is 0 Å². The maximum Gasteiger partial charge on any atom is 0.353 e. The summed E-state index contributed by atoms with van der Waals surface area (Å²) < 4.78 is 12.4. The summed E-state index contributed by atoms with van der Waals surface area (Å²) in [5, 5.41) is 12.7. The Labute approximate surface area is 163 Å². The smallest absolute Gasteiger partial charge is 0.353 e. The van der Waals surface area contributed by atoms with Crippen molar-refractivity contribution in [3.8, 4) is 34.3 Å². The minimum absolute atomic E-state index is 0.222. The van der Waals surface area contributed by atoms with Crippen molar-refractivity contribution in [2.45, 2.75) is 20.3 Å². The third kappa shape index (κ3) is 3.26. The number of fused-ring (bicyclic) bond motifs is 1. The molecule has 0 radical (unpaired) electrons. The molecule has 4 aromatic rings. The number of hydrogen-bond donors (Lipinski definition) is 0. The number of nitrogens with zero attached hydrogens (tertiary/aromatic N) is 5. The lowest BCUT2D eigenvalue weighted by molar-refractivity contribution is 0.301. The minimum Gasteiger partial charge on any atom is -0.497 e. The van der Waals surface area contributed by atoms with Gasteiger partial charge in [0.05, 0.1) is 13.7 Å². The number of imidazole rings is 1. The first-order chi connectivity index (χ1) is 13.7. The van der Waals surface area contributed by atoms with Crippen LogP contribution in [0.5, 0.6) is 11.8 Å². The summed E-state index contributed by atoms with van der Waals surface area (Å²) in [7, 11) is 1.65. The summed E-state index contributed by atoms with van der Waals surface area (Å²) in [6, 6.07) is 16.4. The maximum atomic E-state index is 5.44. The molecular formula is C21H21N5O2. The lowest BCUT2D eigenvalue weighted by Crippen LogP contribution is -2.05. The lowest BCUT2D eigenvalue weighted by atomic mass is 10.0. The molecule has 0 saturated carbocycles. The van der Waals surface area contributed by atoms with E-state index in [2.05, 4.69) is 51.5 Å². The molecule has 0 aliphatic rings. The standard InChI is InChI=1S/C21H21N5O2/c1-4-14-6-8-16(9-7-14)19-18(15-10-12-17(27-3)13-11-15)22-20-23-24-21(28-5-2)25-26(19)20/h6-13H,4-5H2,1-3H3. The molecule has 0 aliphatic heterocycles. The Bertz CT molecular complexity index is 1090. The highest BCUT2D eigenvalue weighted by Gasteiger charge is 2.19. The van der Waals surface area contributed by atoms with E-state index in [1.54, 1.807) is 11.6 Å². The van der Waals surface area contributed by atoms with Crippen LogP contribution in [0.15, 0.2) is 48.5 Å². The monoisotopic (exact) mass is 375 g/mol. The van der Waals surface area contributed by atoms with Crippen molar-refractivity contribution in [3.05, 3.63) is 54.1 Å². The predicted molar refractivity (Wildman–Crippen MR) is 107 cm³/mol. The van der Waals surface area contributed by atoms with Crippen molar-refractivity contribution in [2.24, 2.45) is 0 Å². The summed E-state index contributed by atoms with van der Waals surface area (Å²) in [6.45, 7) is 4.49. The fourth-order valence-electron chi connectivity index (χ4n) is 3.05. The molecule has 0 amide bonds. The zero-order valence-corrected chi connectivity index (χ0v) is 16.1. The molecule has 2 heterocycles. The molecule has 7 nitrogen and oxygen atoms in total. The van der Waals surface area contributed by atoms with Crippen molar-refractivity contribution < 1.29 is 9.47 Å². The zero-order chi connectivity index (χ0) is 19.5. The Kier molecular flexibility index (Phi) is 4.89. The van der Waals surface area contributed by atoms with Crippen LogP contribution in [0, 0.1) is 0 Å². The van der Waals surface area contributed by atoms with E-state index in [1.165, 1.54) is 5.56 Å². The molecule has 0 fully saturated rings. The topological polar surface area (TPSA) is 74.4 Å². The van der Waals surface area contributed by atoms with E-state index in [9.17, 15) is 0 Å². The van der Waals surface area contributed by atoms with Gasteiger partial charge in [0, 0.05) is 11.1 Å². The molecule has 0 bridgehead atoms. The van der Waals surface area contributed by atoms with E-state index in [4.69, 9.17) is 9.47 Å². The van der Waals surface area contributed by atoms with Crippen LogP contribution >= 0.6 is 0 Å².